The van der Waals surface area contributed by atoms with Crippen molar-refractivity contribution in [1.82, 2.24) is 0 Å². The Labute approximate surface area is 147 Å². The Morgan fingerprint density at radius 1 is 1.17 bits per heavy atom. The van der Waals surface area contributed by atoms with E-state index in [-0.39, 0.29) is 6.79 Å². The molecule has 0 amide bonds. The first-order valence-corrected chi connectivity index (χ1v) is 14.2. The number of hydrogen-bond donors (Lipinski definition) is 0. The number of rotatable bonds is 11. The average Bonchev–Trinajstić information content (AvgIpc) is 2.46. The van der Waals surface area contributed by atoms with Gasteiger partial charge in [-0.3, -0.25) is 4.57 Å². The Morgan fingerprint density at radius 2 is 1.88 bits per heavy atom. The van der Waals surface area contributed by atoms with Crippen molar-refractivity contribution in [2.24, 2.45) is 0 Å². The summed E-state index contributed by atoms with van der Waals surface area (Å²) in [6.45, 7) is 11.8. The molecule has 1 atom stereocenters. The van der Waals surface area contributed by atoms with E-state index in [9.17, 15) is 4.57 Å². The summed E-state index contributed by atoms with van der Waals surface area (Å²) < 4.78 is 34.2. The fraction of sp³-hybridized carbons (Fsp3) is 0.647. The predicted molar refractivity (Wildman–Crippen MR) is 101 cm³/mol. The fourth-order valence-electron chi connectivity index (χ4n) is 2.12. The zero-order chi connectivity index (χ0) is 18.2. The molecule has 1 aromatic rings. The molecule has 0 aliphatic heterocycles. The molecule has 1 unspecified atom stereocenters. The van der Waals surface area contributed by atoms with Crippen LogP contribution in [0.3, 0.4) is 0 Å². The van der Waals surface area contributed by atoms with Crippen LogP contribution < -0.4 is 9.47 Å². The van der Waals surface area contributed by atoms with E-state index in [4.69, 9.17) is 18.7 Å². The zero-order valence-corrected chi connectivity index (χ0v) is 17.7. The third kappa shape index (κ3) is 8.33. The Balaban J connectivity index is 2.59. The average molecular weight is 374 g/mol. The molecule has 0 aromatic heterocycles. The van der Waals surface area contributed by atoms with Gasteiger partial charge in [0.25, 0.3) is 0 Å². The van der Waals surface area contributed by atoms with Gasteiger partial charge in [-0.2, -0.15) is 0 Å². The first-order chi connectivity index (χ1) is 11.2. The highest BCUT2D eigenvalue weighted by Crippen LogP contribution is 2.46. The molecule has 0 aliphatic rings. The summed E-state index contributed by atoms with van der Waals surface area (Å²) in [7, 11) is -2.12. The van der Waals surface area contributed by atoms with Gasteiger partial charge < -0.3 is 18.7 Å². The van der Waals surface area contributed by atoms with Crippen molar-refractivity contribution >= 4 is 15.4 Å². The maximum Gasteiger partial charge on any atom is 0.204 e. The lowest BCUT2D eigenvalue weighted by Crippen LogP contribution is -2.22. The van der Waals surface area contributed by atoms with E-state index < -0.39 is 15.4 Å². The molecule has 0 saturated carbocycles. The Bertz CT molecular complexity index is 556. The lowest BCUT2D eigenvalue weighted by Gasteiger charge is -2.17. The smallest absolute Gasteiger partial charge is 0.204 e. The quantitative estimate of drug-likeness (QED) is 0.240. The number of hydrogen-bond acceptors (Lipinski definition) is 5. The van der Waals surface area contributed by atoms with Gasteiger partial charge in [0.05, 0.1) is 13.7 Å². The van der Waals surface area contributed by atoms with E-state index in [1.54, 1.807) is 13.8 Å². The third-order valence-electron chi connectivity index (χ3n) is 3.39. The van der Waals surface area contributed by atoms with Crippen LogP contribution in [-0.4, -0.2) is 41.9 Å². The second kappa shape index (κ2) is 9.61. The highest BCUT2D eigenvalue weighted by molar-refractivity contribution is 7.57. The van der Waals surface area contributed by atoms with Gasteiger partial charge in [-0.25, -0.2) is 0 Å². The molecule has 138 valence electrons. The van der Waals surface area contributed by atoms with Crippen LogP contribution >= 0.6 is 7.37 Å². The van der Waals surface area contributed by atoms with E-state index in [1.807, 2.05) is 25.1 Å². The molecule has 0 spiro atoms. The summed E-state index contributed by atoms with van der Waals surface area (Å²) in [5.41, 5.74) is 0.901. The first-order valence-electron chi connectivity index (χ1n) is 8.25. The predicted octanol–water partition coefficient (Wildman–Crippen LogP) is 4.83. The van der Waals surface area contributed by atoms with E-state index in [2.05, 4.69) is 19.6 Å². The molecule has 1 rings (SSSR count). The monoisotopic (exact) mass is 374 g/mol. The minimum absolute atomic E-state index is 0.200. The normalized spacial score (nSPS) is 14.2. The maximum absolute atomic E-state index is 12.3. The van der Waals surface area contributed by atoms with Gasteiger partial charge in [-0.15, -0.1) is 0 Å². The fourth-order valence-corrected chi connectivity index (χ4v) is 4.38. The van der Waals surface area contributed by atoms with Crippen molar-refractivity contribution in [3.8, 4) is 11.5 Å². The molecule has 5 nitrogen and oxygen atoms in total. The van der Waals surface area contributed by atoms with Crippen LogP contribution in [0.4, 0.5) is 0 Å². The molecule has 0 fully saturated rings. The molecule has 0 aliphatic carbocycles. The van der Waals surface area contributed by atoms with Gasteiger partial charge in [-0.1, -0.05) is 25.7 Å². The van der Waals surface area contributed by atoms with Crippen LogP contribution in [0, 0.1) is 0 Å². The summed E-state index contributed by atoms with van der Waals surface area (Å²) in [5.74, 6) is 1.23. The van der Waals surface area contributed by atoms with Gasteiger partial charge >= 0.3 is 0 Å². The molecule has 1 aromatic carbocycles. The minimum atomic E-state index is -2.62. The van der Waals surface area contributed by atoms with Crippen molar-refractivity contribution in [2.45, 2.75) is 38.8 Å². The van der Waals surface area contributed by atoms with Gasteiger partial charge in [0.15, 0.2) is 18.3 Å². The van der Waals surface area contributed by atoms with E-state index in [0.717, 1.165) is 11.6 Å². The van der Waals surface area contributed by atoms with Crippen molar-refractivity contribution in [3.05, 3.63) is 23.8 Å². The summed E-state index contributed by atoms with van der Waals surface area (Å²) in [4.78, 5) is 0. The van der Waals surface area contributed by atoms with Gasteiger partial charge in [0.1, 0.15) is 0 Å². The van der Waals surface area contributed by atoms with Gasteiger partial charge in [-0.05, 0) is 30.7 Å². The largest absolute Gasteiger partial charge is 0.493 e. The Hall–Kier alpha value is -0.813. The maximum atomic E-state index is 12.3. The summed E-state index contributed by atoms with van der Waals surface area (Å²) >= 11 is 0. The number of methoxy groups -OCH3 is 1. The topological polar surface area (TPSA) is 54.0 Å². The summed E-state index contributed by atoms with van der Waals surface area (Å²) in [5, 5.41) is 0. The van der Waals surface area contributed by atoms with Crippen LogP contribution in [0.1, 0.15) is 12.5 Å². The summed E-state index contributed by atoms with van der Waals surface area (Å²) in [6, 6.07) is 6.65. The van der Waals surface area contributed by atoms with E-state index in [0.29, 0.717) is 30.9 Å². The van der Waals surface area contributed by atoms with E-state index in [1.165, 1.54) is 0 Å². The van der Waals surface area contributed by atoms with Gasteiger partial charge in [0.2, 0.25) is 7.37 Å². The molecule has 0 saturated heterocycles. The molecule has 0 radical (unpaired) electrons. The Kier molecular flexibility index (Phi) is 8.50. The molecule has 0 bridgehead atoms. The lowest BCUT2D eigenvalue weighted by molar-refractivity contribution is 0.0205. The highest BCUT2D eigenvalue weighted by atomic mass is 31.2. The van der Waals surface area contributed by atoms with Crippen LogP contribution in [-0.2, 0) is 20.0 Å². The highest BCUT2D eigenvalue weighted by Gasteiger charge is 2.17. The first kappa shape index (κ1) is 21.2. The van der Waals surface area contributed by atoms with Crippen molar-refractivity contribution in [3.63, 3.8) is 0 Å². The summed E-state index contributed by atoms with van der Waals surface area (Å²) in [6.07, 6.45) is 0.379. The molecular weight excluding hydrogens is 343 g/mol. The molecule has 0 N–H and O–H groups in total. The van der Waals surface area contributed by atoms with Crippen molar-refractivity contribution < 1.29 is 23.3 Å². The van der Waals surface area contributed by atoms with Crippen LogP contribution in [0.25, 0.3) is 0 Å². The standard InChI is InChI=1S/C17H31O5PSi/c1-7-22-23(3,18)13-15-8-9-16(17(12-15)19-2)21-14-20-10-11-24(4,5)6/h8-9,12H,7,10-11,13-14H2,1-6H3. The second-order valence-electron chi connectivity index (χ2n) is 7.06. The molecule has 0 heterocycles. The second-order valence-corrected chi connectivity index (χ2v) is 15.3. The number of ether oxygens (including phenoxy) is 3. The number of benzene rings is 1. The van der Waals surface area contributed by atoms with Crippen LogP contribution in [0.15, 0.2) is 18.2 Å². The van der Waals surface area contributed by atoms with Crippen LogP contribution in [0.2, 0.25) is 25.7 Å². The van der Waals surface area contributed by atoms with Crippen molar-refractivity contribution in [2.75, 3.05) is 33.8 Å². The molecule has 24 heavy (non-hydrogen) atoms. The molecular formula is C17H31O5PSi. The van der Waals surface area contributed by atoms with Crippen molar-refractivity contribution in [1.29, 1.82) is 0 Å². The Morgan fingerprint density at radius 3 is 2.46 bits per heavy atom. The SMILES string of the molecule is CCOP(C)(=O)Cc1ccc(OCOCC[Si](C)(C)C)c(OC)c1. The third-order valence-corrected chi connectivity index (χ3v) is 6.84. The van der Waals surface area contributed by atoms with Gasteiger partial charge in [0, 0.05) is 27.5 Å². The minimum Gasteiger partial charge on any atom is -0.493 e. The van der Waals surface area contributed by atoms with Crippen LogP contribution in [0.5, 0.6) is 11.5 Å². The lowest BCUT2D eigenvalue weighted by atomic mass is 10.2. The van der Waals surface area contributed by atoms with E-state index >= 15 is 0 Å². The zero-order valence-electron chi connectivity index (χ0n) is 15.8. The molecule has 7 heteroatoms.